The van der Waals surface area contributed by atoms with Crippen molar-refractivity contribution in [1.29, 1.82) is 0 Å². The molecule has 15 heavy (non-hydrogen) atoms. The molecule has 0 aromatic carbocycles. The highest BCUT2D eigenvalue weighted by atomic mass is 19.3. The summed E-state index contributed by atoms with van der Waals surface area (Å²) in [7, 11) is 1.78. The summed E-state index contributed by atoms with van der Waals surface area (Å²) < 4.78 is 25.6. The van der Waals surface area contributed by atoms with Gasteiger partial charge in [0.05, 0.1) is 6.20 Å². The van der Waals surface area contributed by atoms with Gasteiger partial charge in [0.15, 0.2) is 0 Å². The van der Waals surface area contributed by atoms with Crippen LogP contribution in [0.15, 0.2) is 12.4 Å². The first-order valence-electron chi connectivity index (χ1n) is 4.69. The Hall–Kier alpha value is -1.01. The molecule has 1 rings (SSSR count). The minimum absolute atomic E-state index is 0.105. The predicted octanol–water partition coefficient (Wildman–Crippen LogP) is 0.697. The lowest BCUT2D eigenvalue weighted by atomic mass is 10.2. The molecular weight excluding hydrogens is 204 g/mol. The number of aryl methyl sites for hydroxylation is 1. The molecule has 2 atom stereocenters. The Morgan fingerprint density at radius 2 is 2.27 bits per heavy atom. The molecule has 0 spiro atoms. The Kier molecular flexibility index (Phi) is 4.16. The highest BCUT2D eigenvalue weighted by Crippen LogP contribution is 2.10. The van der Waals surface area contributed by atoms with Crippen LogP contribution in [0.5, 0.6) is 0 Å². The largest absolute Gasteiger partial charge is 0.386 e. The summed E-state index contributed by atoms with van der Waals surface area (Å²) >= 11 is 0. The van der Waals surface area contributed by atoms with E-state index in [2.05, 4.69) is 10.4 Å². The molecule has 4 nitrogen and oxygen atoms in total. The molecule has 0 radical (unpaired) electrons. The zero-order valence-electron chi connectivity index (χ0n) is 8.69. The summed E-state index contributed by atoms with van der Waals surface area (Å²) in [6.07, 6.45) is -0.874. The number of aromatic nitrogens is 2. The third-order valence-electron chi connectivity index (χ3n) is 2.15. The molecule has 1 heterocycles. The van der Waals surface area contributed by atoms with E-state index in [9.17, 15) is 8.78 Å². The molecule has 0 amide bonds. The molecule has 2 N–H and O–H groups in total. The van der Waals surface area contributed by atoms with Crippen molar-refractivity contribution in [2.45, 2.75) is 25.5 Å². The fourth-order valence-electron chi connectivity index (χ4n) is 1.17. The van der Waals surface area contributed by atoms with Gasteiger partial charge in [-0.2, -0.15) is 5.10 Å². The van der Waals surface area contributed by atoms with Gasteiger partial charge in [-0.3, -0.25) is 4.68 Å². The summed E-state index contributed by atoms with van der Waals surface area (Å²) in [5.74, 6) is 0. The molecule has 0 saturated carbocycles. The van der Waals surface area contributed by atoms with Crippen LogP contribution < -0.4 is 5.32 Å². The number of aliphatic hydroxyl groups excluding tert-OH is 1. The molecule has 1 aromatic rings. The molecule has 0 fully saturated rings. The number of hydrogen-bond donors (Lipinski definition) is 2. The number of rotatable bonds is 5. The van der Waals surface area contributed by atoms with Gasteiger partial charge in [-0.15, -0.1) is 0 Å². The molecule has 0 bridgehead atoms. The molecule has 0 saturated heterocycles. The van der Waals surface area contributed by atoms with Crippen LogP contribution in [0.2, 0.25) is 0 Å². The number of hydrogen-bond acceptors (Lipinski definition) is 3. The first kappa shape index (κ1) is 12.1. The van der Waals surface area contributed by atoms with E-state index in [0.717, 1.165) is 5.56 Å². The molecule has 0 aliphatic heterocycles. The SMILES string of the molecule is CC(NCC(O)C(F)F)c1cnn(C)c1. The average molecular weight is 219 g/mol. The van der Waals surface area contributed by atoms with Crippen LogP contribution in [-0.4, -0.2) is 34.0 Å². The van der Waals surface area contributed by atoms with Crippen molar-refractivity contribution in [3.63, 3.8) is 0 Å². The van der Waals surface area contributed by atoms with Crippen LogP contribution in [0.4, 0.5) is 8.78 Å². The molecule has 86 valence electrons. The smallest absolute Gasteiger partial charge is 0.265 e. The molecule has 6 heteroatoms. The summed E-state index contributed by atoms with van der Waals surface area (Å²) in [5.41, 5.74) is 0.902. The lowest BCUT2D eigenvalue weighted by molar-refractivity contribution is -0.00439. The number of nitrogens with zero attached hydrogens (tertiary/aromatic N) is 2. The Bertz CT molecular complexity index is 303. The van der Waals surface area contributed by atoms with E-state index < -0.39 is 12.5 Å². The maximum atomic E-state index is 12.0. The molecule has 0 aliphatic rings. The highest BCUT2D eigenvalue weighted by Gasteiger charge is 2.17. The first-order valence-corrected chi connectivity index (χ1v) is 4.69. The summed E-state index contributed by atoms with van der Waals surface area (Å²) in [5, 5.41) is 15.7. The molecule has 0 aliphatic carbocycles. The van der Waals surface area contributed by atoms with Crippen LogP contribution in [-0.2, 0) is 7.05 Å². The van der Waals surface area contributed by atoms with Crippen LogP contribution >= 0.6 is 0 Å². The number of nitrogens with one attached hydrogen (secondary N) is 1. The fraction of sp³-hybridized carbons (Fsp3) is 0.667. The van der Waals surface area contributed by atoms with Crippen molar-refractivity contribution in [1.82, 2.24) is 15.1 Å². The van der Waals surface area contributed by atoms with Gasteiger partial charge in [0.25, 0.3) is 6.43 Å². The summed E-state index contributed by atoms with van der Waals surface area (Å²) in [6.45, 7) is 1.70. The molecule has 1 aromatic heterocycles. The van der Waals surface area contributed by atoms with Crippen LogP contribution in [0.25, 0.3) is 0 Å². The van der Waals surface area contributed by atoms with Crippen molar-refractivity contribution >= 4 is 0 Å². The third-order valence-corrected chi connectivity index (χ3v) is 2.15. The average Bonchev–Trinajstić information content (AvgIpc) is 2.60. The van der Waals surface area contributed by atoms with Crippen LogP contribution in [0, 0.1) is 0 Å². The van der Waals surface area contributed by atoms with Gasteiger partial charge in [-0.25, -0.2) is 8.78 Å². The quantitative estimate of drug-likeness (QED) is 0.766. The number of halogens is 2. The van der Waals surface area contributed by atoms with Crippen molar-refractivity contribution in [3.8, 4) is 0 Å². The fourth-order valence-corrected chi connectivity index (χ4v) is 1.17. The third kappa shape index (κ3) is 3.56. The van der Waals surface area contributed by atoms with Crippen LogP contribution in [0.3, 0.4) is 0 Å². The number of alkyl halides is 2. The highest BCUT2D eigenvalue weighted by molar-refractivity contribution is 5.08. The van der Waals surface area contributed by atoms with Crippen molar-refractivity contribution < 1.29 is 13.9 Å². The first-order chi connectivity index (χ1) is 7.00. The Morgan fingerprint density at radius 1 is 1.60 bits per heavy atom. The maximum Gasteiger partial charge on any atom is 0.265 e. The van der Waals surface area contributed by atoms with Gasteiger partial charge in [-0.1, -0.05) is 0 Å². The predicted molar refractivity (Wildman–Crippen MR) is 51.6 cm³/mol. The Morgan fingerprint density at radius 3 is 2.73 bits per heavy atom. The lowest BCUT2D eigenvalue weighted by Crippen LogP contribution is -2.33. The maximum absolute atomic E-state index is 12.0. The van der Waals surface area contributed by atoms with Crippen molar-refractivity contribution in [2.24, 2.45) is 7.05 Å². The van der Waals surface area contributed by atoms with Gasteiger partial charge < -0.3 is 10.4 Å². The molecular formula is C9H15F2N3O. The van der Waals surface area contributed by atoms with Gasteiger partial charge in [0.1, 0.15) is 6.10 Å². The van der Waals surface area contributed by atoms with Gasteiger partial charge in [0.2, 0.25) is 0 Å². The second kappa shape index (κ2) is 5.18. The molecule has 2 unspecified atom stereocenters. The van der Waals surface area contributed by atoms with E-state index in [1.165, 1.54) is 0 Å². The van der Waals surface area contributed by atoms with Gasteiger partial charge in [0, 0.05) is 31.4 Å². The lowest BCUT2D eigenvalue weighted by Gasteiger charge is -2.15. The van der Waals surface area contributed by atoms with Crippen molar-refractivity contribution in [3.05, 3.63) is 18.0 Å². The second-order valence-electron chi connectivity index (χ2n) is 3.48. The van der Waals surface area contributed by atoms with Gasteiger partial charge >= 0.3 is 0 Å². The standard InChI is InChI=1S/C9H15F2N3O/c1-6(7-3-13-14(2)5-7)12-4-8(15)9(10)11/h3,5-6,8-9,12,15H,4H2,1-2H3. The van der Waals surface area contributed by atoms with E-state index in [0.29, 0.717) is 0 Å². The van der Waals surface area contributed by atoms with E-state index in [1.54, 1.807) is 24.1 Å². The van der Waals surface area contributed by atoms with E-state index in [-0.39, 0.29) is 12.6 Å². The van der Waals surface area contributed by atoms with E-state index in [1.807, 2.05) is 6.92 Å². The minimum atomic E-state index is -2.71. The summed E-state index contributed by atoms with van der Waals surface area (Å²) in [6, 6.07) is -0.105. The second-order valence-corrected chi connectivity index (χ2v) is 3.48. The Labute approximate surface area is 86.9 Å². The summed E-state index contributed by atoms with van der Waals surface area (Å²) in [4.78, 5) is 0. The van der Waals surface area contributed by atoms with E-state index in [4.69, 9.17) is 5.11 Å². The normalized spacial score (nSPS) is 15.6. The van der Waals surface area contributed by atoms with Crippen molar-refractivity contribution in [2.75, 3.05) is 6.54 Å². The van der Waals surface area contributed by atoms with E-state index >= 15 is 0 Å². The topological polar surface area (TPSA) is 50.1 Å². The van der Waals surface area contributed by atoms with Gasteiger partial charge in [-0.05, 0) is 6.92 Å². The zero-order valence-corrected chi connectivity index (χ0v) is 8.69. The van der Waals surface area contributed by atoms with Crippen LogP contribution in [0.1, 0.15) is 18.5 Å². The number of aliphatic hydroxyl groups is 1. The Balaban J connectivity index is 2.39. The zero-order chi connectivity index (χ0) is 11.4. The minimum Gasteiger partial charge on any atom is -0.386 e. The monoisotopic (exact) mass is 219 g/mol.